The van der Waals surface area contributed by atoms with Crippen LogP contribution in [0.5, 0.6) is 0 Å². The number of carboxylic acid groups (broad SMARTS) is 1. The van der Waals surface area contributed by atoms with E-state index in [4.69, 9.17) is 14.7 Å². The summed E-state index contributed by atoms with van der Waals surface area (Å²) in [6.45, 7) is -7.76. The van der Waals surface area contributed by atoms with Gasteiger partial charge in [-0.1, -0.05) is 13.7 Å². The molecule has 0 aliphatic carbocycles. The average molecular weight is 152 g/mol. The standard InChI is InChI=1S/C6H11NO3/c1-4(2)6(10)7-3-5(8)9/h4H,3H2,1-2H3,(H,7,10)(H,8,9)/i1D3,2D3,4D. The number of aliphatic carboxylic acids is 1. The molecule has 0 aliphatic heterocycles. The highest BCUT2D eigenvalue weighted by Gasteiger charge is 2.06. The lowest BCUT2D eigenvalue weighted by molar-refractivity contribution is -0.138. The Bertz CT molecular complexity index is 307. The normalized spacial score (nSPS) is 23.4. The quantitative estimate of drug-likeness (QED) is 0.590. The lowest BCUT2D eigenvalue weighted by atomic mass is 10.2. The molecule has 0 aromatic rings. The van der Waals surface area contributed by atoms with Crippen molar-refractivity contribution in [2.75, 3.05) is 6.54 Å². The predicted molar refractivity (Wildman–Crippen MR) is 35.5 cm³/mol. The van der Waals surface area contributed by atoms with Crippen molar-refractivity contribution in [2.45, 2.75) is 13.7 Å². The van der Waals surface area contributed by atoms with Gasteiger partial charge in [0.15, 0.2) is 0 Å². The van der Waals surface area contributed by atoms with Crippen molar-refractivity contribution in [2.24, 2.45) is 5.89 Å². The number of carbonyl (C=O) groups is 2. The minimum atomic E-state index is -3.40. The highest BCUT2D eigenvalue weighted by molar-refractivity contribution is 5.82. The van der Waals surface area contributed by atoms with E-state index in [0.29, 0.717) is 0 Å². The number of carboxylic acids is 1. The Balaban J connectivity index is 5.23. The van der Waals surface area contributed by atoms with Gasteiger partial charge in [0.05, 0.1) is 0 Å². The third-order valence-corrected chi connectivity index (χ3v) is 0.627. The molecule has 0 saturated heterocycles. The molecule has 0 aromatic heterocycles. The van der Waals surface area contributed by atoms with Gasteiger partial charge >= 0.3 is 5.97 Å². The van der Waals surface area contributed by atoms with E-state index in [-0.39, 0.29) is 0 Å². The van der Waals surface area contributed by atoms with Crippen molar-refractivity contribution in [3.63, 3.8) is 0 Å². The largest absolute Gasteiger partial charge is 0.480 e. The molecule has 1 amide bonds. The number of amides is 1. The molecule has 0 spiro atoms. The van der Waals surface area contributed by atoms with Crippen LogP contribution in [-0.4, -0.2) is 23.5 Å². The van der Waals surface area contributed by atoms with Crippen LogP contribution in [0.15, 0.2) is 0 Å². The third-order valence-electron chi connectivity index (χ3n) is 0.627. The van der Waals surface area contributed by atoms with Crippen LogP contribution >= 0.6 is 0 Å². The molecule has 0 aromatic carbocycles. The summed E-state index contributed by atoms with van der Waals surface area (Å²) in [5.74, 6) is -6.54. The molecule has 2 N–H and O–H groups in total. The summed E-state index contributed by atoms with van der Waals surface area (Å²) in [4.78, 5) is 21.6. The Morgan fingerprint density at radius 2 is 2.40 bits per heavy atom. The molecule has 10 heavy (non-hydrogen) atoms. The highest BCUT2D eigenvalue weighted by atomic mass is 16.4. The van der Waals surface area contributed by atoms with Gasteiger partial charge in [0.2, 0.25) is 5.91 Å². The summed E-state index contributed by atoms with van der Waals surface area (Å²) in [5.41, 5.74) is 0. The van der Waals surface area contributed by atoms with Crippen LogP contribution in [-0.2, 0) is 9.59 Å². The first kappa shape index (κ1) is 2.53. The fourth-order valence-electron chi connectivity index (χ4n) is 0.244. The maximum absolute atomic E-state index is 11.4. The molecule has 0 bridgehead atoms. The smallest absolute Gasteiger partial charge is 0.322 e. The van der Waals surface area contributed by atoms with Gasteiger partial charge in [-0.25, -0.2) is 0 Å². The van der Waals surface area contributed by atoms with Crippen molar-refractivity contribution >= 4 is 11.9 Å². The number of hydrogen-bond donors (Lipinski definition) is 2. The van der Waals surface area contributed by atoms with E-state index < -0.39 is 38.0 Å². The summed E-state index contributed by atoms with van der Waals surface area (Å²) in [6.07, 6.45) is 0. The first-order chi connectivity index (χ1) is 7.34. The highest BCUT2D eigenvalue weighted by Crippen LogP contribution is 1.88. The zero-order valence-corrected chi connectivity index (χ0v) is 4.97. The number of hydrogen-bond acceptors (Lipinski definition) is 2. The van der Waals surface area contributed by atoms with E-state index in [0.717, 1.165) is 0 Å². The van der Waals surface area contributed by atoms with Crippen LogP contribution in [0.4, 0.5) is 0 Å². The fourth-order valence-corrected chi connectivity index (χ4v) is 0.244. The van der Waals surface area contributed by atoms with Crippen LogP contribution in [0.25, 0.3) is 0 Å². The van der Waals surface area contributed by atoms with Crippen molar-refractivity contribution in [3.05, 3.63) is 0 Å². The Morgan fingerprint density at radius 3 is 2.80 bits per heavy atom. The number of carbonyl (C=O) groups excluding carboxylic acids is 1. The molecule has 0 radical (unpaired) electrons. The maximum Gasteiger partial charge on any atom is 0.322 e. The third kappa shape index (κ3) is 3.88. The van der Waals surface area contributed by atoms with Crippen molar-refractivity contribution in [3.8, 4) is 0 Å². The van der Waals surface area contributed by atoms with Crippen molar-refractivity contribution in [1.29, 1.82) is 0 Å². The predicted octanol–water partition coefficient (Wildman–Crippen LogP) is -0.157. The second-order valence-electron chi connectivity index (χ2n) is 1.45. The molecular weight excluding hydrogens is 134 g/mol. The first-order valence-corrected chi connectivity index (χ1v) is 2.34. The Morgan fingerprint density at radius 1 is 1.80 bits per heavy atom. The van der Waals surface area contributed by atoms with Crippen LogP contribution in [0.3, 0.4) is 0 Å². The van der Waals surface area contributed by atoms with E-state index in [1.165, 1.54) is 0 Å². The molecular formula is C6H11NO3. The minimum absolute atomic E-state index is 0.953. The second-order valence-corrected chi connectivity index (χ2v) is 1.45. The molecule has 4 nitrogen and oxygen atoms in total. The van der Waals surface area contributed by atoms with Gasteiger partial charge in [0.25, 0.3) is 0 Å². The van der Waals surface area contributed by atoms with Crippen LogP contribution < -0.4 is 5.32 Å². The van der Waals surface area contributed by atoms with E-state index in [9.17, 15) is 9.59 Å². The monoisotopic (exact) mass is 152 g/mol. The van der Waals surface area contributed by atoms with E-state index in [1.54, 1.807) is 5.32 Å². The fraction of sp³-hybridized carbons (Fsp3) is 0.667. The molecule has 0 heterocycles. The van der Waals surface area contributed by atoms with Gasteiger partial charge in [-0.2, -0.15) is 0 Å². The summed E-state index contributed by atoms with van der Waals surface area (Å²) < 4.78 is 49.0. The molecule has 4 heteroatoms. The summed E-state index contributed by atoms with van der Waals surface area (Å²) in [7, 11) is 0. The van der Waals surface area contributed by atoms with Gasteiger partial charge in [0.1, 0.15) is 6.54 Å². The van der Waals surface area contributed by atoms with Crippen molar-refractivity contribution < 1.29 is 24.3 Å². The Labute approximate surface area is 69.1 Å². The summed E-state index contributed by atoms with van der Waals surface area (Å²) in [6, 6.07) is 0. The summed E-state index contributed by atoms with van der Waals surface area (Å²) >= 11 is 0. The van der Waals surface area contributed by atoms with E-state index in [2.05, 4.69) is 0 Å². The first-order valence-electron chi connectivity index (χ1n) is 5.84. The molecule has 0 saturated carbocycles. The van der Waals surface area contributed by atoms with E-state index in [1.807, 2.05) is 0 Å². The lowest BCUT2D eigenvalue weighted by Crippen LogP contribution is -2.32. The average Bonchev–Trinajstić information content (AvgIpc) is 2.08. The van der Waals surface area contributed by atoms with Gasteiger partial charge in [-0.15, -0.1) is 0 Å². The molecule has 0 atom stereocenters. The second kappa shape index (κ2) is 3.87. The van der Waals surface area contributed by atoms with Gasteiger partial charge < -0.3 is 10.4 Å². The Hall–Kier alpha value is -1.06. The zero-order chi connectivity index (χ0) is 14.1. The maximum atomic E-state index is 11.4. The lowest BCUT2D eigenvalue weighted by Gasteiger charge is -2.03. The summed E-state index contributed by atoms with van der Waals surface area (Å²) in [5, 5.41) is 9.87. The van der Waals surface area contributed by atoms with Crippen LogP contribution in [0.2, 0.25) is 0 Å². The van der Waals surface area contributed by atoms with Crippen LogP contribution in [0, 0.1) is 5.89 Å². The zero-order valence-electron chi connectivity index (χ0n) is 12.0. The SMILES string of the molecule is [2H]C([2H])([2H])C([2H])(C(=O)NCC(=O)O)C([2H])([2H])[2H]. The van der Waals surface area contributed by atoms with Gasteiger partial charge in [-0.3, -0.25) is 9.59 Å². The minimum Gasteiger partial charge on any atom is -0.480 e. The number of rotatable bonds is 3. The van der Waals surface area contributed by atoms with Crippen molar-refractivity contribution in [1.82, 2.24) is 5.32 Å². The molecule has 0 fully saturated rings. The van der Waals surface area contributed by atoms with Crippen LogP contribution in [0.1, 0.15) is 23.3 Å². The molecule has 0 aliphatic rings. The topological polar surface area (TPSA) is 66.4 Å². The molecule has 0 rings (SSSR count). The Kier molecular flexibility index (Phi) is 0.977. The molecule has 0 unspecified atom stereocenters. The van der Waals surface area contributed by atoms with E-state index >= 15 is 0 Å². The molecule has 58 valence electrons. The van der Waals surface area contributed by atoms with Gasteiger partial charge in [-0.05, 0) is 0 Å². The van der Waals surface area contributed by atoms with Gasteiger partial charge in [0, 0.05) is 15.5 Å². The number of nitrogens with one attached hydrogen (secondary N) is 1.